The molecule has 2 heterocycles. The van der Waals surface area contributed by atoms with Crippen molar-refractivity contribution in [2.75, 3.05) is 5.32 Å². The number of thiazole rings is 1. The molecule has 0 spiro atoms. The highest BCUT2D eigenvalue weighted by molar-refractivity contribution is 7.73. The zero-order chi connectivity index (χ0) is 20.2. The van der Waals surface area contributed by atoms with E-state index >= 15 is 0 Å². The van der Waals surface area contributed by atoms with Crippen molar-refractivity contribution in [3.8, 4) is 5.88 Å². The Morgan fingerprint density at radius 3 is 2.76 bits per heavy atom. The van der Waals surface area contributed by atoms with E-state index in [2.05, 4.69) is 10.3 Å². The summed E-state index contributed by atoms with van der Waals surface area (Å²) in [4.78, 5) is 17.2. The second-order valence-electron chi connectivity index (χ2n) is 6.60. The fourth-order valence-electron chi connectivity index (χ4n) is 3.14. The molecule has 0 fully saturated rings. The molecule has 0 saturated heterocycles. The van der Waals surface area contributed by atoms with E-state index in [4.69, 9.17) is 12.2 Å². The third-order valence-corrected chi connectivity index (χ3v) is 5.97. The maximum atomic E-state index is 12.1. The van der Waals surface area contributed by atoms with Gasteiger partial charge in [-0.1, -0.05) is 36.4 Å². The van der Waals surface area contributed by atoms with Crippen molar-refractivity contribution >= 4 is 58.7 Å². The molecule has 1 aliphatic heterocycles. The molecule has 1 aliphatic rings. The number of benzene rings is 2. The van der Waals surface area contributed by atoms with Crippen LogP contribution in [0.2, 0.25) is 0 Å². The van der Waals surface area contributed by atoms with Crippen molar-refractivity contribution in [1.82, 2.24) is 4.57 Å². The molecule has 5 nitrogen and oxygen atoms in total. The molecule has 29 heavy (non-hydrogen) atoms. The predicted octanol–water partition coefficient (Wildman–Crippen LogP) is 5.66. The fourth-order valence-corrected chi connectivity index (χ4v) is 4.45. The molecule has 4 rings (SSSR count). The number of aromatic nitrogens is 1. The molecule has 0 aliphatic carbocycles. The Hall–Kier alpha value is -3.03. The Morgan fingerprint density at radius 1 is 1.17 bits per heavy atom. The maximum Gasteiger partial charge on any atom is 0.224 e. The molecule has 7 heteroatoms. The van der Waals surface area contributed by atoms with Gasteiger partial charge < -0.3 is 10.4 Å². The molecule has 146 valence electrons. The van der Waals surface area contributed by atoms with Crippen molar-refractivity contribution in [1.29, 1.82) is 0 Å². The molecule has 2 N–H and O–H groups in total. The summed E-state index contributed by atoms with van der Waals surface area (Å²) in [5.74, 6) is 0.0762. The SMILES string of the molecule is O=C(CCCn1c(O)c(/C=C2/C=Nc3ccccc32)sc1=S)Nc1ccccc1. The van der Waals surface area contributed by atoms with E-state index in [1.807, 2.05) is 60.7 Å². The van der Waals surface area contributed by atoms with Crippen molar-refractivity contribution in [2.24, 2.45) is 4.99 Å². The molecule has 1 amide bonds. The van der Waals surface area contributed by atoms with Crippen LogP contribution in [0.15, 0.2) is 59.6 Å². The van der Waals surface area contributed by atoms with Gasteiger partial charge in [-0.15, -0.1) is 11.3 Å². The number of hydrogen-bond acceptors (Lipinski definition) is 5. The van der Waals surface area contributed by atoms with Crippen molar-refractivity contribution in [3.63, 3.8) is 0 Å². The Bertz CT molecular complexity index is 1160. The van der Waals surface area contributed by atoms with Gasteiger partial charge in [0.25, 0.3) is 0 Å². The molecule has 0 atom stereocenters. The van der Waals surface area contributed by atoms with Gasteiger partial charge in [0.05, 0.1) is 10.6 Å². The predicted molar refractivity (Wildman–Crippen MR) is 122 cm³/mol. The number of allylic oxidation sites excluding steroid dienone is 1. The number of amides is 1. The Labute approximate surface area is 177 Å². The van der Waals surface area contributed by atoms with E-state index in [-0.39, 0.29) is 11.8 Å². The lowest BCUT2D eigenvalue weighted by Gasteiger charge is -2.06. The van der Waals surface area contributed by atoms with E-state index in [1.54, 1.807) is 10.8 Å². The van der Waals surface area contributed by atoms with Crippen LogP contribution in [0.4, 0.5) is 11.4 Å². The van der Waals surface area contributed by atoms with Gasteiger partial charge in [-0.05, 0) is 42.9 Å². The number of aromatic hydroxyl groups is 1. The van der Waals surface area contributed by atoms with Gasteiger partial charge in [0, 0.05) is 36.0 Å². The van der Waals surface area contributed by atoms with E-state index < -0.39 is 0 Å². The average Bonchev–Trinajstić information content (AvgIpc) is 3.25. The van der Waals surface area contributed by atoms with Crippen LogP contribution in [0.3, 0.4) is 0 Å². The molecular weight excluding hydrogens is 402 g/mol. The smallest absolute Gasteiger partial charge is 0.224 e. The van der Waals surface area contributed by atoms with Crippen LogP contribution in [0.25, 0.3) is 11.6 Å². The topological polar surface area (TPSA) is 66.6 Å². The molecule has 0 bridgehead atoms. The second kappa shape index (κ2) is 8.55. The monoisotopic (exact) mass is 421 g/mol. The zero-order valence-corrected chi connectivity index (χ0v) is 17.2. The number of nitrogens with one attached hydrogen (secondary N) is 1. The van der Waals surface area contributed by atoms with Crippen LogP contribution in [-0.2, 0) is 11.3 Å². The lowest BCUT2D eigenvalue weighted by molar-refractivity contribution is -0.116. The summed E-state index contributed by atoms with van der Waals surface area (Å²) in [7, 11) is 0. The number of anilines is 1. The van der Waals surface area contributed by atoms with Gasteiger partial charge in [0.1, 0.15) is 0 Å². The molecule has 1 aromatic heterocycles. The fraction of sp³-hybridized carbons (Fsp3) is 0.136. The maximum absolute atomic E-state index is 12.1. The highest BCUT2D eigenvalue weighted by atomic mass is 32.1. The number of fused-ring (bicyclic) bond motifs is 1. The van der Waals surface area contributed by atoms with Crippen molar-refractivity contribution in [3.05, 3.63) is 69.0 Å². The van der Waals surface area contributed by atoms with E-state index in [1.165, 1.54) is 11.3 Å². The lowest BCUT2D eigenvalue weighted by Crippen LogP contribution is -2.12. The molecule has 0 saturated carbocycles. The normalized spacial score (nSPS) is 13.6. The summed E-state index contributed by atoms with van der Waals surface area (Å²) in [6.07, 6.45) is 4.63. The summed E-state index contributed by atoms with van der Waals surface area (Å²) in [6, 6.07) is 17.2. The number of rotatable bonds is 6. The van der Waals surface area contributed by atoms with Gasteiger partial charge in [-0.25, -0.2) is 0 Å². The van der Waals surface area contributed by atoms with Gasteiger partial charge in [0.2, 0.25) is 11.8 Å². The number of hydrogen-bond donors (Lipinski definition) is 2. The van der Waals surface area contributed by atoms with Crippen LogP contribution in [0, 0.1) is 3.95 Å². The second-order valence-corrected chi connectivity index (χ2v) is 8.28. The minimum absolute atomic E-state index is 0.0569. The Morgan fingerprint density at radius 2 is 1.93 bits per heavy atom. The van der Waals surface area contributed by atoms with Gasteiger partial charge >= 0.3 is 0 Å². The lowest BCUT2D eigenvalue weighted by atomic mass is 10.1. The molecular formula is C22H19N3O2S2. The number of aliphatic imine (C=N–C) groups is 1. The van der Waals surface area contributed by atoms with E-state index in [0.717, 1.165) is 22.5 Å². The molecule has 0 unspecified atom stereocenters. The van der Waals surface area contributed by atoms with Crippen LogP contribution >= 0.6 is 23.6 Å². The minimum atomic E-state index is -0.0569. The Kier molecular flexibility index (Phi) is 5.69. The largest absolute Gasteiger partial charge is 0.493 e. The first kappa shape index (κ1) is 19.3. The van der Waals surface area contributed by atoms with E-state index in [0.29, 0.717) is 28.2 Å². The van der Waals surface area contributed by atoms with Gasteiger partial charge in [-0.3, -0.25) is 14.4 Å². The van der Waals surface area contributed by atoms with Crippen LogP contribution < -0.4 is 5.32 Å². The van der Waals surface area contributed by atoms with Crippen molar-refractivity contribution in [2.45, 2.75) is 19.4 Å². The number of carbonyl (C=O) groups is 1. The quantitative estimate of drug-likeness (QED) is 0.505. The highest BCUT2D eigenvalue weighted by Crippen LogP contribution is 2.35. The first-order valence-corrected chi connectivity index (χ1v) is 10.5. The van der Waals surface area contributed by atoms with Crippen LogP contribution in [-0.4, -0.2) is 21.8 Å². The summed E-state index contributed by atoms with van der Waals surface area (Å²) in [5.41, 5.74) is 3.68. The van der Waals surface area contributed by atoms with Gasteiger partial charge in [-0.2, -0.15) is 0 Å². The first-order chi connectivity index (χ1) is 14.1. The van der Waals surface area contributed by atoms with Crippen LogP contribution in [0.1, 0.15) is 23.3 Å². The summed E-state index contributed by atoms with van der Waals surface area (Å²) in [5, 5.41) is 13.5. The van der Waals surface area contributed by atoms with E-state index in [9.17, 15) is 9.90 Å². The third kappa shape index (κ3) is 4.36. The number of nitrogens with zero attached hydrogens (tertiary/aromatic N) is 2. The molecule has 2 aromatic carbocycles. The van der Waals surface area contributed by atoms with Crippen molar-refractivity contribution < 1.29 is 9.90 Å². The average molecular weight is 422 g/mol. The van der Waals surface area contributed by atoms with Crippen LogP contribution in [0.5, 0.6) is 5.88 Å². The highest BCUT2D eigenvalue weighted by Gasteiger charge is 2.15. The zero-order valence-electron chi connectivity index (χ0n) is 15.5. The summed E-state index contributed by atoms with van der Waals surface area (Å²) < 4.78 is 2.27. The number of para-hydroxylation sites is 2. The Balaban J connectivity index is 1.42. The third-order valence-electron chi connectivity index (χ3n) is 4.58. The molecule has 0 radical (unpaired) electrons. The minimum Gasteiger partial charge on any atom is -0.493 e. The molecule has 3 aromatic rings. The summed E-state index contributed by atoms with van der Waals surface area (Å²) in [6.45, 7) is 0.483. The summed E-state index contributed by atoms with van der Waals surface area (Å²) >= 11 is 6.77. The number of carbonyl (C=O) groups excluding carboxylic acids is 1. The van der Waals surface area contributed by atoms with Gasteiger partial charge in [0.15, 0.2) is 3.95 Å². The standard InChI is InChI=1S/C22H19N3O2S2/c26-20(24-16-7-2-1-3-8-16)11-6-12-25-21(27)19(29-22(25)28)13-15-14-23-18-10-5-4-9-17(15)18/h1-5,7-10,13-14,27H,6,11-12H2,(H,24,26)/b15-13-. The first-order valence-electron chi connectivity index (χ1n) is 9.24.